The van der Waals surface area contributed by atoms with E-state index in [-0.39, 0.29) is 30.8 Å². The number of halogens is 1. The lowest BCUT2D eigenvalue weighted by Crippen LogP contribution is -2.49. The number of carbonyl (C=O) groups is 2. The highest BCUT2D eigenvalue weighted by atomic mass is 35.5. The van der Waals surface area contributed by atoms with E-state index < -0.39 is 0 Å². The van der Waals surface area contributed by atoms with Crippen LogP contribution in [0.1, 0.15) is 32.6 Å². The van der Waals surface area contributed by atoms with Crippen LogP contribution in [-0.4, -0.2) is 49.4 Å². The molecular weight excluding hydrogens is 266 g/mol. The van der Waals surface area contributed by atoms with Crippen molar-refractivity contribution in [3.05, 3.63) is 0 Å². The van der Waals surface area contributed by atoms with E-state index in [0.29, 0.717) is 5.41 Å². The smallest absolute Gasteiger partial charge is 0.241 e. The largest absolute Gasteiger partial charge is 0.347 e. The van der Waals surface area contributed by atoms with Crippen molar-refractivity contribution in [1.29, 1.82) is 0 Å². The number of nitrogens with one attached hydrogen (secondary N) is 2. The highest BCUT2D eigenvalue weighted by Gasteiger charge is 2.36. The summed E-state index contributed by atoms with van der Waals surface area (Å²) < 4.78 is 0. The molecule has 1 spiro atoms. The van der Waals surface area contributed by atoms with Gasteiger partial charge in [-0.3, -0.25) is 9.59 Å². The molecule has 0 saturated carbocycles. The normalized spacial score (nSPS) is 21.6. The van der Waals surface area contributed by atoms with Crippen LogP contribution < -0.4 is 10.6 Å². The van der Waals surface area contributed by atoms with Gasteiger partial charge in [0.2, 0.25) is 11.8 Å². The molecule has 0 aromatic carbocycles. The van der Waals surface area contributed by atoms with Gasteiger partial charge in [-0.1, -0.05) is 0 Å². The predicted octanol–water partition coefficient (Wildman–Crippen LogP) is 0.536. The summed E-state index contributed by atoms with van der Waals surface area (Å²) in [5.41, 5.74) is 0.468. The molecule has 2 fully saturated rings. The van der Waals surface area contributed by atoms with E-state index in [1.165, 1.54) is 19.8 Å². The first-order chi connectivity index (χ1) is 8.61. The maximum absolute atomic E-state index is 11.9. The Labute approximate surface area is 120 Å². The monoisotopic (exact) mass is 289 g/mol. The highest BCUT2D eigenvalue weighted by molar-refractivity contribution is 5.85. The van der Waals surface area contributed by atoms with Crippen molar-refractivity contribution in [2.24, 2.45) is 5.41 Å². The van der Waals surface area contributed by atoms with Gasteiger partial charge in [-0.2, -0.15) is 0 Å². The zero-order chi connectivity index (χ0) is 13.0. The topological polar surface area (TPSA) is 61.4 Å². The molecule has 0 aromatic heterocycles. The lowest BCUT2D eigenvalue weighted by Gasteiger charge is -2.44. The molecule has 2 N–H and O–H groups in total. The van der Waals surface area contributed by atoms with Gasteiger partial charge in [0.1, 0.15) is 0 Å². The second-order valence-corrected chi connectivity index (χ2v) is 5.54. The summed E-state index contributed by atoms with van der Waals surface area (Å²) in [6, 6.07) is 0. The number of hydrogen-bond donors (Lipinski definition) is 2. The Morgan fingerprint density at radius 1 is 1.16 bits per heavy atom. The van der Waals surface area contributed by atoms with Gasteiger partial charge < -0.3 is 15.5 Å². The van der Waals surface area contributed by atoms with Gasteiger partial charge in [0, 0.05) is 20.0 Å². The minimum atomic E-state index is -0.143. The number of amides is 2. The van der Waals surface area contributed by atoms with Crippen molar-refractivity contribution < 1.29 is 9.59 Å². The summed E-state index contributed by atoms with van der Waals surface area (Å²) in [6.45, 7) is 5.49. The van der Waals surface area contributed by atoms with Crippen LogP contribution in [0.3, 0.4) is 0 Å². The average molecular weight is 290 g/mol. The molecule has 19 heavy (non-hydrogen) atoms. The van der Waals surface area contributed by atoms with E-state index in [1.54, 1.807) is 0 Å². The zero-order valence-electron chi connectivity index (χ0n) is 11.5. The molecule has 2 rings (SSSR count). The van der Waals surface area contributed by atoms with Gasteiger partial charge in [-0.15, -0.1) is 12.4 Å². The van der Waals surface area contributed by atoms with E-state index in [1.807, 2.05) is 4.90 Å². The Balaban J connectivity index is 0.00000180. The average Bonchev–Trinajstić information content (AvgIpc) is 2.38. The molecule has 0 radical (unpaired) electrons. The Kier molecular flexibility index (Phi) is 6.07. The fraction of sp³-hybridized carbons (Fsp3) is 0.846. The highest BCUT2D eigenvalue weighted by Crippen LogP contribution is 2.39. The molecule has 6 heteroatoms. The van der Waals surface area contributed by atoms with Crippen LogP contribution in [0.5, 0.6) is 0 Å². The second-order valence-electron chi connectivity index (χ2n) is 5.54. The summed E-state index contributed by atoms with van der Waals surface area (Å²) in [5, 5.41) is 5.97. The first-order valence-corrected chi connectivity index (χ1v) is 6.84. The van der Waals surface area contributed by atoms with Crippen LogP contribution in [0.2, 0.25) is 0 Å². The lowest BCUT2D eigenvalue weighted by atomic mass is 9.71. The Bertz CT molecular complexity index is 320. The SMILES string of the molecule is CC(=O)NCC(=O)N1CCC2(CCNCC2)CC1.Cl. The molecule has 0 aromatic rings. The zero-order valence-corrected chi connectivity index (χ0v) is 12.4. The molecule has 2 heterocycles. The van der Waals surface area contributed by atoms with Crippen molar-refractivity contribution in [3.63, 3.8) is 0 Å². The van der Waals surface area contributed by atoms with E-state index >= 15 is 0 Å². The first kappa shape index (κ1) is 16.2. The van der Waals surface area contributed by atoms with Crippen molar-refractivity contribution in [3.8, 4) is 0 Å². The number of piperidine rings is 2. The van der Waals surface area contributed by atoms with E-state index in [4.69, 9.17) is 0 Å². The summed E-state index contributed by atoms with van der Waals surface area (Å²) in [6.07, 6.45) is 4.70. The van der Waals surface area contributed by atoms with Crippen LogP contribution >= 0.6 is 12.4 Å². The van der Waals surface area contributed by atoms with Crippen LogP contribution in [-0.2, 0) is 9.59 Å². The molecule has 110 valence electrons. The summed E-state index contributed by atoms with van der Waals surface area (Å²) in [7, 11) is 0. The van der Waals surface area contributed by atoms with Crippen LogP contribution in [0.25, 0.3) is 0 Å². The standard InChI is InChI=1S/C13H23N3O2.ClH/c1-11(17)15-10-12(18)16-8-4-13(5-9-16)2-6-14-7-3-13;/h14H,2-10H2,1H3,(H,15,17);1H. The van der Waals surface area contributed by atoms with Crippen LogP contribution in [0.4, 0.5) is 0 Å². The molecule has 2 saturated heterocycles. The summed E-state index contributed by atoms with van der Waals surface area (Å²) in [5.74, 6) is -0.0934. The second kappa shape index (κ2) is 7.10. The molecule has 2 aliphatic heterocycles. The predicted molar refractivity (Wildman–Crippen MR) is 76.3 cm³/mol. The van der Waals surface area contributed by atoms with Crippen molar-refractivity contribution >= 4 is 24.2 Å². The van der Waals surface area contributed by atoms with Gasteiger partial charge in [0.05, 0.1) is 6.54 Å². The minimum Gasteiger partial charge on any atom is -0.347 e. The van der Waals surface area contributed by atoms with Crippen molar-refractivity contribution in [2.75, 3.05) is 32.7 Å². The Morgan fingerprint density at radius 2 is 1.74 bits per heavy atom. The van der Waals surface area contributed by atoms with Gasteiger partial charge in [0.15, 0.2) is 0 Å². The molecule has 0 aliphatic carbocycles. The van der Waals surface area contributed by atoms with Gasteiger partial charge in [-0.25, -0.2) is 0 Å². The maximum Gasteiger partial charge on any atom is 0.241 e. The van der Waals surface area contributed by atoms with Gasteiger partial charge in [0.25, 0.3) is 0 Å². The Morgan fingerprint density at radius 3 is 2.26 bits per heavy atom. The minimum absolute atomic E-state index is 0. The van der Waals surface area contributed by atoms with Gasteiger partial charge in [-0.05, 0) is 44.2 Å². The number of hydrogen-bond acceptors (Lipinski definition) is 3. The fourth-order valence-corrected chi connectivity index (χ4v) is 3.00. The number of carbonyl (C=O) groups excluding carboxylic acids is 2. The lowest BCUT2D eigenvalue weighted by molar-refractivity contribution is -0.134. The number of rotatable bonds is 2. The molecule has 2 amide bonds. The molecule has 0 unspecified atom stereocenters. The third-order valence-corrected chi connectivity index (χ3v) is 4.33. The van der Waals surface area contributed by atoms with E-state index in [9.17, 15) is 9.59 Å². The van der Waals surface area contributed by atoms with Crippen LogP contribution in [0.15, 0.2) is 0 Å². The van der Waals surface area contributed by atoms with E-state index in [0.717, 1.165) is 39.0 Å². The first-order valence-electron chi connectivity index (χ1n) is 6.84. The maximum atomic E-state index is 11.9. The third-order valence-electron chi connectivity index (χ3n) is 4.33. The molecule has 2 aliphatic rings. The molecule has 0 atom stereocenters. The van der Waals surface area contributed by atoms with Crippen LogP contribution in [0, 0.1) is 5.41 Å². The molecular formula is C13H24ClN3O2. The third kappa shape index (κ3) is 4.35. The van der Waals surface area contributed by atoms with Gasteiger partial charge >= 0.3 is 0 Å². The number of likely N-dealkylation sites (tertiary alicyclic amines) is 1. The van der Waals surface area contributed by atoms with E-state index in [2.05, 4.69) is 10.6 Å². The number of nitrogens with zero attached hydrogens (tertiary/aromatic N) is 1. The quantitative estimate of drug-likeness (QED) is 0.780. The fourth-order valence-electron chi connectivity index (χ4n) is 3.00. The van der Waals surface area contributed by atoms with Crippen molar-refractivity contribution in [1.82, 2.24) is 15.5 Å². The molecule has 0 bridgehead atoms. The van der Waals surface area contributed by atoms with Crippen molar-refractivity contribution in [2.45, 2.75) is 32.6 Å². The summed E-state index contributed by atoms with van der Waals surface area (Å²) in [4.78, 5) is 24.5. The molecule has 5 nitrogen and oxygen atoms in total. The summed E-state index contributed by atoms with van der Waals surface area (Å²) >= 11 is 0. The Hall–Kier alpha value is -0.810.